The molecule has 0 aliphatic heterocycles. The molecule has 0 saturated heterocycles. The molecule has 1 fully saturated rings. The molecule has 0 spiro atoms. The summed E-state index contributed by atoms with van der Waals surface area (Å²) in [6.07, 6.45) is 3.05. The number of hydrogen-bond donors (Lipinski definition) is 2. The minimum atomic E-state index is -3.18. The van der Waals surface area contributed by atoms with Crippen LogP contribution in [0.5, 0.6) is 0 Å². The minimum Gasteiger partial charge on any atom is -0.318 e. The first-order chi connectivity index (χ1) is 7.86. The highest BCUT2D eigenvalue weighted by Crippen LogP contribution is 2.29. The molecule has 0 radical (unpaired) electrons. The van der Waals surface area contributed by atoms with Crippen molar-refractivity contribution in [2.75, 3.05) is 13.6 Å². The predicted molar refractivity (Wildman–Crippen MR) is 71.4 cm³/mol. The van der Waals surface area contributed by atoms with E-state index in [-0.39, 0.29) is 11.3 Å². The fourth-order valence-electron chi connectivity index (χ4n) is 2.40. The minimum absolute atomic E-state index is 0.130. The quantitative estimate of drug-likeness (QED) is 0.786. The Morgan fingerprint density at radius 3 is 2.41 bits per heavy atom. The van der Waals surface area contributed by atoms with Crippen LogP contribution in [0.4, 0.5) is 0 Å². The second kappa shape index (κ2) is 6.16. The molecule has 4 unspecified atom stereocenters. The van der Waals surface area contributed by atoms with Crippen molar-refractivity contribution in [1.82, 2.24) is 10.0 Å². The van der Waals surface area contributed by atoms with Crippen LogP contribution in [0.15, 0.2) is 0 Å². The molecule has 102 valence electrons. The van der Waals surface area contributed by atoms with E-state index in [0.717, 1.165) is 19.3 Å². The summed E-state index contributed by atoms with van der Waals surface area (Å²) in [5, 5.41) is 2.53. The molecule has 0 bridgehead atoms. The van der Waals surface area contributed by atoms with Gasteiger partial charge in [0.05, 0.1) is 5.25 Å². The molecule has 0 amide bonds. The van der Waals surface area contributed by atoms with Crippen LogP contribution in [-0.4, -0.2) is 33.3 Å². The van der Waals surface area contributed by atoms with Gasteiger partial charge in [0.1, 0.15) is 0 Å². The van der Waals surface area contributed by atoms with Crippen molar-refractivity contribution in [3.05, 3.63) is 0 Å². The average Bonchev–Trinajstić information content (AvgIpc) is 2.23. The molecule has 4 atom stereocenters. The number of sulfonamides is 1. The highest BCUT2D eigenvalue weighted by Gasteiger charge is 2.29. The van der Waals surface area contributed by atoms with E-state index >= 15 is 0 Å². The van der Waals surface area contributed by atoms with Gasteiger partial charge in [0.2, 0.25) is 10.0 Å². The zero-order chi connectivity index (χ0) is 13.1. The first-order valence-corrected chi connectivity index (χ1v) is 8.07. The van der Waals surface area contributed by atoms with Crippen molar-refractivity contribution in [3.63, 3.8) is 0 Å². The van der Waals surface area contributed by atoms with E-state index in [0.29, 0.717) is 18.4 Å². The Bertz CT molecular complexity index is 329. The first-order valence-electron chi connectivity index (χ1n) is 6.52. The zero-order valence-electron chi connectivity index (χ0n) is 11.4. The van der Waals surface area contributed by atoms with E-state index in [1.165, 1.54) is 0 Å². The lowest BCUT2D eigenvalue weighted by Gasteiger charge is -2.32. The molecule has 1 rings (SSSR count). The van der Waals surface area contributed by atoms with Crippen molar-refractivity contribution in [1.29, 1.82) is 0 Å². The van der Waals surface area contributed by atoms with Gasteiger partial charge in [0, 0.05) is 12.6 Å². The van der Waals surface area contributed by atoms with Crippen LogP contribution < -0.4 is 10.0 Å². The predicted octanol–water partition coefficient (Wildman–Crippen LogP) is 1.34. The molecular formula is C12H26N2O2S. The highest BCUT2D eigenvalue weighted by atomic mass is 32.2. The van der Waals surface area contributed by atoms with Gasteiger partial charge in [-0.25, -0.2) is 13.1 Å². The normalized spacial score (nSPS) is 32.4. The maximum atomic E-state index is 12.0. The fourth-order valence-corrected chi connectivity index (χ4v) is 3.70. The van der Waals surface area contributed by atoms with Crippen molar-refractivity contribution in [2.45, 2.75) is 51.3 Å². The van der Waals surface area contributed by atoms with Gasteiger partial charge in [0.25, 0.3) is 0 Å². The number of rotatable bonds is 5. The summed E-state index contributed by atoms with van der Waals surface area (Å²) in [6.45, 7) is 6.70. The SMILES string of the molecule is CNCC(C)S(=O)(=O)NC1CCC(C)C(C)C1. The Hall–Kier alpha value is -0.130. The van der Waals surface area contributed by atoms with Gasteiger partial charge in [0.15, 0.2) is 0 Å². The van der Waals surface area contributed by atoms with E-state index in [1.54, 1.807) is 14.0 Å². The summed E-state index contributed by atoms with van der Waals surface area (Å²) >= 11 is 0. The maximum Gasteiger partial charge on any atom is 0.215 e. The molecule has 5 heteroatoms. The molecule has 0 heterocycles. The summed E-state index contributed by atoms with van der Waals surface area (Å²) in [5.74, 6) is 1.32. The van der Waals surface area contributed by atoms with Crippen LogP contribution in [0.1, 0.15) is 40.0 Å². The van der Waals surface area contributed by atoms with E-state index < -0.39 is 10.0 Å². The lowest BCUT2D eigenvalue weighted by Crippen LogP contribution is -2.45. The third kappa shape index (κ3) is 4.23. The molecule has 17 heavy (non-hydrogen) atoms. The van der Waals surface area contributed by atoms with Crippen molar-refractivity contribution in [2.24, 2.45) is 11.8 Å². The first kappa shape index (κ1) is 14.9. The van der Waals surface area contributed by atoms with E-state index in [1.807, 2.05) is 0 Å². The Morgan fingerprint density at radius 1 is 1.24 bits per heavy atom. The van der Waals surface area contributed by atoms with Crippen molar-refractivity contribution in [3.8, 4) is 0 Å². The summed E-state index contributed by atoms with van der Waals surface area (Å²) in [5.41, 5.74) is 0. The van der Waals surface area contributed by atoms with Crippen LogP contribution >= 0.6 is 0 Å². The molecule has 4 nitrogen and oxygen atoms in total. The van der Waals surface area contributed by atoms with Gasteiger partial charge < -0.3 is 5.32 Å². The average molecular weight is 262 g/mol. The monoisotopic (exact) mass is 262 g/mol. The van der Waals surface area contributed by atoms with Gasteiger partial charge in [-0.05, 0) is 45.1 Å². The molecule has 1 aliphatic rings. The largest absolute Gasteiger partial charge is 0.318 e. The second-order valence-corrected chi connectivity index (χ2v) is 7.63. The summed E-state index contributed by atoms with van der Waals surface area (Å²) in [6, 6.07) is 0.130. The molecule has 1 aliphatic carbocycles. The topological polar surface area (TPSA) is 58.2 Å². The van der Waals surface area contributed by atoms with Crippen LogP contribution in [0.3, 0.4) is 0 Å². The summed E-state index contributed by atoms with van der Waals surface area (Å²) in [4.78, 5) is 0. The zero-order valence-corrected chi connectivity index (χ0v) is 12.2. The fraction of sp³-hybridized carbons (Fsp3) is 1.00. The second-order valence-electron chi connectivity index (χ2n) is 5.50. The van der Waals surface area contributed by atoms with Gasteiger partial charge in [-0.3, -0.25) is 0 Å². The standard InChI is InChI=1S/C12H26N2O2S/c1-9-5-6-12(7-10(9)2)14-17(15,16)11(3)8-13-4/h9-14H,5-8H2,1-4H3. The molecule has 2 N–H and O–H groups in total. The van der Waals surface area contributed by atoms with Gasteiger partial charge >= 0.3 is 0 Å². The van der Waals surface area contributed by atoms with Gasteiger partial charge in [-0.1, -0.05) is 13.8 Å². The summed E-state index contributed by atoms with van der Waals surface area (Å²) < 4.78 is 26.9. The van der Waals surface area contributed by atoms with E-state index in [9.17, 15) is 8.42 Å². The lowest BCUT2D eigenvalue weighted by atomic mass is 9.79. The Morgan fingerprint density at radius 2 is 1.88 bits per heavy atom. The van der Waals surface area contributed by atoms with Gasteiger partial charge in [-0.2, -0.15) is 0 Å². The smallest absolute Gasteiger partial charge is 0.215 e. The Labute approximate surface area is 106 Å². The third-order valence-corrected chi connectivity index (χ3v) is 5.84. The molecule has 0 aromatic rings. The molecule has 0 aromatic heterocycles. The summed E-state index contributed by atoms with van der Waals surface area (Å²) in [7, 11) is -1.40. The van der Waals surface area contributed by atoms with E-state index in [2.05, 4.69) is 23.9 Å². The number of hydrogen-bond acceptors (Lipinski definition) is 3. The molecule has 1 saturated carbocycles. The van der Waals surface area contributed by atoms with Crippen LogP contribution in [0, 0.1) is 11.8 Å². The lowest BCUT2D eigenvalue weighted by molar-refractivity contribution is 0.241. The number of nitrogens with one attached hydrogen (secondary N) is 2. The van der Waals surface area contributed by atoms with E-state index in [4.69, 9.17) is 0 Å². The van der Waals surface area contributed by atoms with Crippen LogP contribution in [-0.2, 0) is 10.0 Å². The molecule has 0 aromatic carbocycles. The van der Waals surface area contributed by atoms with Gasteiger partial charge in [-0.15, -0.1) is 0 Å². The Kier molecular flexibility index (Phi) is 5.41. The van der Waals surface area contributed by atoms with Crippen molar-refractivity contribution >= 4 is 10.0 Å². The third-order valence-electron chi connectivity index (χ3n) is 3.95. The van der Waals surface area contributed by atoms with Crippen molar-refractivity contribution < 1.29 is 8.42 Å². The highest BCUT2D eigenvalue weighted by molar-refractivity contribution is 7.90. The maximum absolute atomic E-state index is 12.0. The Balaban J connectivity index is 2.54. The molecular weight excluding hydrogens is 236 g/mol. The van der Waals surface area contributed by atoms with Crippen LogP contribution in [0.2, 0.25) is 0 Å². The van der Waals surface area contributed by atoms with Crippen LogP contribution in [0.25, 0.3) is 0 Å².